The van der Waals surface area contributed by atoms with Crippen molar-refractivity contribution >= 4 is 11.6 Å². The van der Waals surface area contributed by atoms with Gasteiger partial charge in [0, 0.05) is 17.1 Å². The Morgan fingerprint density at radius 3 is 2.50 bits per heavy atom. The molecule has 1 aromatic heterocycles. The lowest BCUT2D eigenvalue weighted by atomic mass is 9.91. The molecule has 20 heavy (non-hydrogen) atoms. The quantitative estimate of drug-likeness (QED) is 0.928. The Kier molecular flexibility index (Phi) is 4.08. The normalized spacial score (nSPS) is 22.9. The lowest BCUT2D eigenvalue weighted by Gasteiger charge is -2.30. The molecule has 1 heterocycles. The molecule has 0 aliphatic heterocycles. The minimum absolute atomic E-state index is 0.563. The summed E-state index contributed by atoms with van der Waals surface area (Å²) >= 11 is 5.96. The Labute approximate surface area is 125 Å². The lowest BCUT2D eigenvalue weighted by Crippen LogP contribution is -2.31. The number of nitrogens with zero attached hydrogens (tertiary/aromatic N) is 2. The molecule has 3 nitrogen and oxygen atoms in total. The highest BCUT2D eigenvalue weighted by molar-refractivity contribution is 6.30. The van der Waals surface area contributed by atoms with Crippen LogP contribution in [0, 0.1) is 0 Å². The second-order valence-corrected chi connectivity index (χ2v) is 5.92. The zero-order valence-electron chi connectivity index (χ0n) is 11.7. The van der Waals surface area contributed by atoms with Crippen molar-refractivity contribution in [2.75, 3.05) is 7.05 Å². The van der Waals surface area contributed by atoms with Gasteiger partial charge in [0.15, 0.2) is 0 Å². The van der Waals surface area contributed by atoms with E-state index in [1.807, 2.05) is 24.7 Å². The molecular formula is C16H20ClN3. The molecule has 1 aliphatic rings. The van der Waals surface area contributed by atoms with Gasteiger partial charge in [-0.1, -0.05) is 23.7 Å². The Hall–Kier alpha value is -1.32. The Morgan fingerprint density at radius 1 is 1.15 bits per heavy atom. The fraction of sp³-hybridized carbons (Fsp3) is 0.438. The maximum Gasteiger partial charge on any atom is 0.0953 e. The van der Waals surface area contributed by atoms with Crippen LogP contribution in [0.4, 0.5) is 0 Å². The van der Waals surface area contributed by atoms with E-state index in [-0.39, 0.29) is 0 Å². The van der Waals surface area contributed by atoms with Crippen molar-refractivity contribution in [2.45, 2.75) is 37.8 Å². The average Bonchev–Trinajstić information content (AvgIpc) is 2.97. The van der Waals surface area contributed by atoms with Crippen LogP contribution in [0.1, 0.15) is 31.7 Å². The molecule has 4 heteroatoms. The number of imidazole rings is 1. The van der Waals surface area contributed by atoms with Crippen LogP contribution in [-0.4, -0.2) is 22.6 Å². The molecule has 0 bridgehead atoms. The summed E-state index contributed by atoms with van der Waals surface area (Å²) in [7, 11) is 2.06. The third-order valence-electron chi connectivity index (χ3n) is 4.30. The van der Waals surface area contributed by atoms with Gasteiger partial charge in [0.1, 0.15) is 0 Å². The first kappa shape index (κ1) is 13.7. The summed E-state index contributed by atoms with van der Waals surface area (Å²) in [5.74, 6) is 0. The van der Waals surface area contributed by atoms with Gasteiger partial charge < -0.3 is 9.88 Å². The minimum Gasteiger partial charge on any atom is -0.328 e. The molecule has 1 aliphatic carbocycles. The standard InChI is InChI=1S/C16H20ClN3/c1-18-14-6-8-15(9-7-14)20-11-19-10-16(20)12-2-4-13(17)5-3-12/h2-5,10-11,14-15,18H,6-9H2,1H3. The predicted molar refractivity (Wildman–Crippen MR) is 83.0 cm³/mol. The summed E-state index contributed by atoms with van der Waals surface area (Å²) in [5, 5.41) is 4.16. The maximum atomic E-state index is 5.96. The first-order valence-electron chi connectivity index (χ1n) is 7.23. The summed E-state index contributed by atoms with van der Waals surface area (Å²) in [4.78, 5) is 4.35. The molecule has 1 N–H and O–H groups in total. The van der Waals surface area contributed by atoms with E-state index < -0.39 is 0 Å². The molecular weight excluding hydrogens is 270 g/mol. The highest BCUT2D eigenvalue weighted by Gasteiger charge is 2.22. The van der Waals surface area contributed by atoms with Crippen LogP contribution in [0.15, 0.2) is 36.8 Å². The molecule has 0 radical (unpaired) electrons. The van der Waals surface area contributed by atoms with Gasteiger partial charge in [0.25, 0.3) is 0 Å². The van der Waals surface area contributed by atoms with E-state index in [9.17, 15) is 0 Å². The number of hydrogen-bond donors (Lipinski definition) is 1. The fourth-order valence-corrected chi connectivity index (χ4v) is 3.21. The molecule has 2 aromatic rings. The third kappa shape index (κ3) is 2.74. The number of nitrogens with one attached hydrogen (secondary N) is 1. The summed E-state index contributed by atoms with van der Waals surface area (Å²) in [5.41, 5.74) is 2.37. The maximum absolute atomic E-state index is 5.96. The van der Waals surface area contributed by atoms with E-state index in [2.05, 4.69) is 34.0 Å². The van der Waals surface area contributed by atoms with E-state index in [1.165, 1.54) is 36.9 Å². The van der Waals surface area contributed by atoms with Crippen LogP contribution in [0.2, 0.25) is 5.02 Å². The molecule has 0 amide bonds. The largest absolute Gasteiger partial charge is 0.328 e. The molecule has 0 saturated heterocycles. The second-order valence-electron chi connectivity index (χ2n) is 5.49. The zero-order chi connectivity index (χ0) is 13.9. The van der Waals surface area contributed by atoms with E-state index in [4.69, 9.17) is 11.6 Å². The van der Waals surface area contributed by atoms with Crippen LogP contribution in [0.25, 0.3) is 11.3 Å². The van der Waals surface area contributed by atoms with E-state index >= 15 is 0 Å². The number of aromatic nitrogens is 2. The van der Waals surface area contributed by atoms with Crippen LogP contribution in [0.5, 0.6) is 0 Å². The van der Waals surface area contributed by atoms with Gasteiger partial charge in [0.2, 0.25) is 0 Å². The smallest absolute Gasteiger partial charge is 0.0953 e. The SMILES string of the molecule is CNC1CCC(n2cncc2-c2ccc(Cl)cc2)CC1. The average molecular weight is 290 g/mol. The monoisotopic (exact) mass is 289 g/mol. The Bertz CT molecular complexity index is 553. The van der Waals surface area contributed by atoms with E-state index in [0.717, 1.165) is 5.02 Å². The number of halogens is 1. The van der Waals surface area contributed by atoms with Crippen molar-refractivity contribution in [3.05, 3.63) is 41.8 Å². The number of rotatable bonds is 3. The van der Waals surface area contributed by atoms with Gasteiger partial charge in [-0.3, -0.25) is 0 Å². The highest BCUT2D eigenvalue weighted by atomic mass is 35.5. The van der Waals surface area contributed by atoms with E-state index in [1.54, 1.807) is 0 Å². The molecule has 3 rings (SSSR count). The topological polar surface area (TPSA) is 29.9 Å². The Morgan fingerprint density at radius 2 is 1.85 bits per heavy atom. The predicted octanol–water partition coefficient (Wildman–Crippen LogP) is 3.91. The molecule has 1 fully saturated rings. The molecule has 0 atom stereocenters. The summed E-state index contributed by atoms with van der Waals surface area (Å²) in [6.45, 7) is 0. The van der Waals surface area contributed by atoms with Gasteiger partial charge in [0.05, 0.1) is 18.2 Å². The highest BCUT2D eigenvalue weighted by Crippen LogP contribution is 2.32. The first-order chi connectivity index (χ1) is 9.78. The van der Waals surface area contributed by atoms with Gasteiger partial charge in [-0.25, -0.2) is 4.98 Å². The van der Waals surface area contributed by atoms with Crippen LogP contribution in [0.3, 0.4) is 0 Å². The molecule has 0 unspecified atom stereocenters. The number of hydrogen-bond acceptors (Lipinski definition) is 2. The van der Waals surface area contributed by atoms with Crippen molar-refractivity contribution in [1.82, 2.24) is 14.9 Å². The molecule has 0 spiro atoms. The molecule has 1 aromatic carbocycles. The van der Waals surface area contributed by atoms with E-state index in [0.29, 0.717) is 12.1 Å². The summed E-state index contributed by atoms with van der Waals surface area (Å²) in [6, 6.07) is 9.24. The molecule has 1 saturated carbocycles. The van der Waals surface area contributed by atoms with Gasteiger partial charge in [-0.05, 0) is 50.4 Å². The minimum atomic E-state index is 0.563. The first-order valence-corrected chi connectivity index (χ1v) is 7.61. The molecule has 106 valence electrons. The second kappa shape index (κ2) is 5.98. The third-order valence-corrected chi connectivity index (χ3v) is 4.56. The van der Waals surface area contributed by atoms with Crippen LogP contribution < -0.4 is 5.32 Å². The summed E-state index contributed by atoms with van der Waals surface area (Å²) < 4.78 is 2.33. The number of benzene rings is 1. The lowest BCUT2D eigenvalue weighted by molar-refractivity contribution is 0.302. The van der Waals surface area contributed by atoms with Crippen molar-refractivity contribution < 1.29 is 0 Å². The van der Waals surface area contributed by atoms with Gasteiger partial charge >= 0.3 is 0 Å². The van der Waals surface area contributed by atoms with Crippen molar-refractivity contribution in [2.24, 2.45) is 0 Å². The van der Waals surface area contributed by atoms with Gasteiger partial charge in [-0.15, -0.1) is 0 Å². The van der Waals surface area contributed by atoms with Crippen molar-refractivity contribution in [3.8, 4) is 11.3 Å². The van der Waals surface area contributed by atoms with Crippen LogP contribution >= 0.6 is 11.6 Å². The summed E-state index contributed by atoms with van der Waals surface area (Å²) in [6.07, 6.45) is 8.81. The van der Waals surface area contributed by atoms with Crippen molar-refractivity contribution in [1.29, 1.82) is 0 Å². The van der Waals surface area contributed by atoms with Gasteiger partial charge in [-0.2, -0.15) is 0 Å². The van der Waals surface area contributed by atoms with Crippen LogP contribution in [-0.2, 0) is 0 Å². The Balaban J connectivity index is 1.82. The zero-order valence-corrected chi connectivity index (χ0v) is 12.5. The van der Waals surface area contributed by atoms with Crippen molar-refractivity contribution in [3.63, 3.8) is 0 Å². The fourth-order valence-electron chi connectivity index (χ4n) is 3.08.